The molecule has 8 N–H and O–H groups in total. The van der Waals surface area contributed by atoms with Gasteiger partial charge < -0.3 is 39.4 Å². The summed E-state index contributed by atoms with van der Waals surface area (Å²) >= 11 is 0. The quantitative estimate of drug-likeness (QED) is 0.101. The minimum atomic E-state index is -5.45. The van der Waals surface area contributed by atoms with Crippen LogP contribution >= 0.6 is 0 Å². The number of carboxylic acid groups (broad SMARTS) is 1. The molecule has 0 spiro atoms. The van der Waals surface area contributed by atoms with E-state index in [1.807, 2.05) is 0 Å². The molecule has 2 saturated heterocycles. The molecule has 0 aromatic heterocycles. The van der Waals surface area contributed by atoms with E-state index in [4.69, 9.17) is 32.6 Å². The highest BCUT2D eigenvalue weighted by molar-refractivity contribution is 7.83. The van der Waals surface area contributed by atoms with E-state index in [2.05, 4.69) is 8.37 Å². The van der Waals surface area contributed by atoms with E-state index in [0.717, 1.165) is 7.11 Å². The third-order valence-corrected chi connectivity index (χ3v) is 6.35. The van der Waals surface area contributed by atoms with Gasteiger partial charge in [0.1, 0.15) is 36.6 Å². The fourth-order valence-electron chi connectivity index (χ4n) is 3.42. The molecule has 0 radical (unpaired) electrons. The second-order valence-electron chi connectivity index (χ2n) is 7.43. The molecule has 2 heterocycles. The van der Waals surface area contributed by atoms with Gasteiger partial charge in [-0.3, -0.25) is 13.7 Å². The highest BCUT2D eigenvalue weighted by atomic mass is 32.3. The van der Waals surface area contributed by atoms with Crippen LogP contribution in [0.25, 0.3) is 0 Å². The summed E-state index contributed by atoms with van der Waals surface area (Å²) in [6, 6.07) is -1.96. The average molecular weight is 610 g/mol. The van der Waals surface area contributed by atoms with Crippen molar-refractivity contribution in [2.24, 2.45) is 0 Å². The van der Waals surface area contributed by atoms with Gasteiger partial charge >= 0.3 is 37.1 Å². The van der Waals surface area contributed by atoms with Gasteiger partial charge in [-0.2, -0.15) is 30.0 Å². The SMILES string of the molecule is COC1OC(COS(=O)(=O)O)C(OC2OC(C(=O)O)C(O)C(O)C2OS(=O)(=O)O)C(O)C1NS(=O)(=O)O. The van der Waals surface area contributed by atoms with Crippen molar-refractivity contribution in [3.8, 4) is 0 Å². The molecule has 21 nitrogen and oxygen atoms in total. The molecule has 2 aliphatic heterocycles. The molecule has 2 aliphatic rings. The second-order valence-corrected chi connectivity index (χ2v) is 10.8. The number of hydrogen-bond donors (Lipinski definition) is 8. The smallest absolute Gasteiger partial charge is 0.397 e. The standard InChI is InChI=1S/C13H23NO20S3/c1-29-12-4(14-35(20,21)22)5(15)8(3(31-12)2-30-36(23,24)25)32-13-10(34-37(26,27)28)7(17)6(16)9(33-13)11(18)19/h3-10,12-17H,2H2,1H3,(H,18,19)(H,20,21,22)(H,23,24,25)(H,26,27,28). The molecule has 10 unspecified atom stereocenters. The van der Waals surface area contributed by atoms with Crippen LogP contribution in [0.2, 0.25) is 0 Å². The number of aliphatic hydroxyl groups excluding tert-OH is 3. The van der Waals surface area contributed by atoms with Crippen LogP contribution < -0.4 is 4.72 Å². The van der Waals surface area contributed by atoms with E-state index in [0.29, 0.717) is 0 Å². The molecule has 2 rings (SSSR count). The zero-order valence-electron chi connectivity index (χ0n) is 18.1. The van der Waals surface area contributed by atoms with Gasteiger partial charge in [0.15, 0.2) is 24.8 Å². The molecule has 0 aromatic rings. The average Bonchev–Trinajstić information content (AvgIpc) is 2.72. The van der Waals surface area contributed by atoms with Gasteiger partial charge in [-0.25, -0.2) is 13.2 Å². The number of hydrogen-bond acceptors (Lipinski definition) is 16. The van der Waals surface area contributed by atoms with Crippen LogP contribution in [0.4, 0.5) is 0 Å². The molecule has 37 heavy (non-hydrogen) atoms. The maximum Gasteiger partial charge on any atom is 0.397 e. The van der Waals surface area contributed by atoms with E-state index in [-0.39, 0.29) is 0 Å². The van der Waals surface area contributed by atoms with Crippen molar-refractivity contribution in [1.29, 1.82) is 0 Å². The first-order valence-corrected chi connectivity index (χ1v) is 13.7. The summed E-state index contributed by atoms with van der Waals surface area (Å²) in [6.45, 7) is -1.21. The Kier molecular flexibility index (Phi) is 10.3. The van der Waals surface area contributed by atoms with Gasteiger partial charge in [-0.1, -0.05) is 0 Å². The molecule has 0 aliphatic carbocycles. The first-order chi connectivity index (χ1) is 16.7. The van der Waals surface area contributed by atoms with Crippen LogP contribution in [0.15, 0.2) is 0 Å². The molecule has 0 bridgehead atoms. The number of aliphatic carboxylic acids is 1. The lowest BCUT2D eigenvalue weighted by molar-refractivity contribution is -0.338. The predicted octanol–water partition coefficient (Wildman–Crippen LogP) is -5.60. The highest BCUT2D eigenvalue weighted by Gasteiger charge is 2.54. The predicted molar refractivity (Wildman–Crippen MR) is 107 cm³/mol. The van der Waals surface area contributed by atoms with Crippen molar-refractivity contribution in [2.45, 2.75) is 61.3 Å². The molecular weight excluding hydrogens is 586 g/mol. The van der Waals surface area contributed by atoms with Gasteiger partial charge in [0.2, 0.25) is 0 Å². The minimum Gasteiger partial charge on any atom is -0.479 e. The molecule has 10 atom stereocenters. The lowest BCUT2D eigenvalue weighted by Crippen LogP contribution is -2.68. The number of carbonyl (C=O) groups is 1. The number of ether oxygens (including phenoxy) is 4. The Bertz CT molecular complexity index is 1120. The minimum absolute atomic E-state index is 0.924. The van der Waals surface area contributed by atoms with Crippen LogP contribution in [0.1, 0.15) is 0 Å². The third kappa shape index (κ3) is 8.92. The van der Waals surface area contributed by atoms with Gasteiger partial charge in [0.25, 0.3) is 0 Å². The first kappa shape index (κ1) is 32.0. The number of nitrogens with one attached hydrogen (secondary N) is 1. The van der Waals surface area contributed by atoms with Crippen LogP contribution in [0.3, 0.4) is 0 Å². The zero-order valence-corrected chi connectivity index (χ0v) is 20.6. The van der Waals surface area contributed by atoms with E-state index >= 15 is 0 Å². The summed E-state index contributed by atoms with van der Waals surface area (Å²) in [4.78, 5) is 11.4. The Morgan fingerprint density at radius 3 is 1.92 bits per heavy atom. The molecule has 218 valence electrons. The van der Waals surface area contributed by atoms with Gasteiger partial charge in [-0.15, -0.1) is 0 Å². The van der Waals surface area contributed by atoms with E-state index in [1.165, 1.54) is 4.72 Å². The topological polar surface area (TPSA) is 329 Å². The fraction of sp³-hybridized carbons (Fsp3) is 0.923. The molecule has 0 saturated carbocycles. The molecule has 2 fully saturated rings. The summed E-state index contributed by atoms with van der Waals surface area (Å²) in [7, 11) is -14.8. The number of rotatable bonds is 11. The Morgan fingerprint density at radius 2 is 1.46 bits per heavy atom. The maximum absolute atomic E-state index is 11.4. The lowest BCUT2D eigenvalue weighted by atomic mass is 9.96. The number of aliphatic hydroxyl groups is 3. The van der Waals surface area contributed by atoms with Crippen molar-refractivity contribution in [2.75, 3.05) is 13.7 Å². The van der Waals surface area contributed by atoms with Crippen LogP contribution in [0.5, 0.6) is 0 Å². The van der Waals surface area contributed by atoms with E-state index in [9.17, 15) is 50.5 Å². The summed E-state index contributed by atoms with van der Waals surface area (Å²) in [5.41, 5.74) is 0. The number of carboxylic acids is 1. The van der Waals surface area contributed by atoms with Crippen molar-refractivity contribution in [3.63, 3.8) is 0 Å². The summed E-state index contributed by atoms with van der Waals surface area (Å²) in [5, 5.41) is 40.1. The van der Waals surface area contributed by atoms with Gasteiger partial charge in [0, 0.05) is 7.11 Å². The van der Waals surface area contributed by atoms with Crippen molar-refractivity contribution >= 4 is 37.1 Å². The van der Waals surface area contributed by atoms with Crippen molar-refractivity contribution < 1.29 is 91.4 Å². The zero-order chi connectivity index (χ0) is 28.5. The Labute approximate surface area is 208 Å². The second kappa shape index (κ2) is 11.9. The fourth-order valence-corrected chi connectivity index (χ4v) is 4.81. The maximum atomic E-state index is 11.4. The molecule has 24 heteroatoms. The molecular formula is C13H23NO20S3. The molecule has 0 aromatic carbocycles. The van der Waals surface area contributed by atoms with Crippen LogP contribution in [-0.4, -0.2) is 140 Å². The van der Waals surface area contributed by atoms with E-state index in [1.54, 1.807) is 0 Å². The van der Waals surface area contributed by atoms with Gasteiger partial charge in [0.05, 0.1) is 6.61 Å². The lowest BCUT2D eigenvalue weighted by Gasteiger charge is -2.46. The Morgan fingerprint density at radius 1 is 0.865 bits per heavy atom. The monoisotopic (exact) mass is 609 g/mol. The first-order valence-electron chi connectivity index (χ1n) is 9.52. The molecule has 0 amide bonds. The van der Waals surface area contributed by atoms with Crippen molar-refractivity contribution in [3.05, 3.63) is 0 Å². The summed E-state index contributed by atoms with van der Waals surface area (Å²) < 4.78 is 124. The summed E-state index contributed by atoms with van der Waals surface area (Å²) in [5.74, 6) is -1.91. The largest absolute Gasteiger partial charge is 0.479 e. The Hall–Kier alpha value is -1.20. The van der Waals surface area contributed by atoms with E-state index < -0.39 is 105 Å². The normalized spacial score (nSPS) is 37.8. The Balaban J connectivity index is 2.49. The highest BCUT2D eigenvalue weighted by Crippen LogP contribution is 2.31. The number of methoxy groups -OCH3 is 1. The van der Waals surface area contributed by atoms with Crippen molar-refractivity contribution in [1.82, 2.24) is 4.72 Å². The van der Waals surface area contributed by atoms with Gasteiger partial charge in [-0.05, 0) is 0 Å². The summed E-state index contributed by atoms with van der Waals surface area (Å²) in [6.07, 6.45) is -20.1. The van der Waals surface area contributed by atoms with Crippen LogP contribution in [-0.2, 0) is 63.2 Å². The van der Waals surface area contributed by atoms with Crippen LogP contribution in [0, 0.1) is 0 Å². The third-order valence-electron chi connectivity index (χ3n) is 4.88.